The number of anilines is 1. The Kier molecular flexibility index (Phi) is 7.82. The monoisotopic (exact) mass is 682 g/mol. The van der Waals surface area contributed by atoms with Crippen LogP contribution < -0.4 is 20.1 Å². The van der Waals surface area contributed by atoms with Crippen LogP contribution in [0.15, 0.2) is 61.7 Å². The van der Waals surface area contributed by atoms with E-state index < -0.39 is 64.0 Å². The molecule has 0 aliphatic carbocycles. The summed E-state index contributed by atoms with van der Waals surface area (Å²) in [4.78, 5) is 66.2. The second-order valence-electron chi connectivity index (χ2n) is 8.99. The maximum absolute atomic E-state index is 13.4. The number of primary sulfonamides is 1. The number of rotatable bonds is 8. The lowest BCUT2D eigenvalue weighted by atomic mass is 9.82. The number of halogens is 1. The lowest BCUT2D eigenvalue weighted by molar-refractivity contribution is -0.149. The number of aromatic nitrogens is 1. The van der Waals surface area contributed by atoms with E-state index in [0.717, 1.165) is 23.1 Å². The zero-order valence-corrected chi connectivity index (χ0v) is 24.6. The van der Waals surface area contributed by atoms with Crippen molar-refractivity contribution in [2.45, 2.75) is 21.1 Å². The number of ether oxygens (including phenoxy) is 1. The highest BCUT2D eigenvalue weighted by atomic mass is 79.9. The molecule has 3 atom stereocenters. The van der Waals surface area contributed by atoms with Crippen LogP contribution in [0.5, 0.6) is 5.75 Å². The quantitative estimate of drug-likeness (QED) is 0.252. The molecule has 3 amide bonds. The molecule has 0 spiro atoms. The number of carbonyl (C=O) groups excluding carboxylic acids is 3. The predicted molar refractivity (Wildman–Crippen MR) is 150 cm³/mol. The first-order valence-electron chi connectivity index (χ1n) is 11.6. The Hall–Kier alpha value is -3.51. The maximum Gasteiger partial charge on any atom is 0.323 e. The third-order valence-corrected chi connectivity index (χ3v) is 10.2. The number of thiazole rings is 1. The van der Waals surface area contributed by atoms with Crippen molar-refractivity contribution in [3.8, 4) is 5.75 Å². The lowest BCUT2D eigenvalue weighted by Crippen LogP contribution is -2.36. The van der Waals surface area contributed by atoms with Crippen molar-refractivity contribution in [3.63, 3.8) is 0 Å². The molecule has 1 saturated heterocycles. The van der Waals surface area contributed by atoms with Gasteiger partial charge in [-0.2, -0.15) is 0 Å². The summed E-state index contributed by atoms with van der Waals surface area (Å²) in [5, 5.41) is 16.4. The van der Waals surface area contributed by atoms with Crippen molar-refractivity contribution in [1.29, 1.82) is 0 Å². The SMILES string of the molecule is NS(=O)(=O)c1ccc(NC(=O)COc2ccc(Br)cc2[C@@H]2c3sc(=O)[nH]c3SC3C(=O)N(CC(=O)O)C(=O)C32)cc1. The van der Waals surface area contributed by atoms with E-state index in [1.807, 2.05) is 0 Å². The number of hydrogen-bond acceptors (Lipinski definition) is 10. The molecule has 2 unspecified atom stereocenters. The molecule has 5 rings (SSSR count). The molecule has 41 heavy (non-hydrogen) atoms. The number of nitrogens with zero attached hydrogens (tertiary/aromatic N) is 1. The number of thioether (sulfide) groups is 1. The van der Waals surface area contributed by atoms with Gasteiger partial charge in [0.1, 0.15) is 17.5 Å². The average molecular weight is 684 g/mol. The van der Waals surface area contributed by atoms with Gasteiger partial charge in [-0.25, -0.2) is 13.6 Å². The van der Waals surface area contributed by atoms with Gasteiger partial charge in [-0.1, -0.05) is 39.0 Å². The minimum Gasteiger partial charge on any atom is -0.483 e. The van der Waals surface area contributed by atoms with Gasteiger partial charge in [-0.15, -0.1) is 0 Å². The summed E-state index contributed by atoms with van der Waals surface area (Å²) in [6, 6.07) is 10.1. The highest BCUT2D eigenvalue weighted by Crippen LogP contribution is 2.54. The molecule has 2 aliphatic rings. The number of imide groups is 1. The van der Waals surface area contributed by atoms with E-state index in [9.17, 15) is 37.5 Å². The number of nitrogens with two attached hydrogens (primary N) is 1. The molecule has 1 aromatic heterocycles. The molecular formula is C24H19BrN4O9S3. The zero-order valence-electron chi connectivity index (χ0n) is 20.5. The molecular weight excluding hydrogens is 664 g/mol. The first-order valence-corrected chi connectivity index (χ1v) is 15.7. The topological polar surface area (TPSA) is 206 Å². The highest BCUT2D eigenvalue weighted by Gasteiger charge is 2.56. The molecule has 5 N–H and O–H groups in total. The maximum atomic E-state index is 13.4. The number of hydrogen-bond donors (Lipinski definition) is 4. The number of sulfonamides is 1. The number of likely N-dealkylation sites (tertiary alicyclic amines) is 1. The van der Waals surface area contributed by atoms with E-state index in [-0.39, 0.29) is 15.5 Å². The van der Waals surface area contributed by atoms with Crippen molar-refractivity contribution in [2.24, 2.45) is 11.1 Å². The minimum absolute atomic E-state index is 0.122. The van der Waals surface area contributed by atoms with E-state index in [2.05, 4.69) is 26.2 Å². The van der Waals surface area contributed by atoms with E-state index in [4.69, 9.17) is 9.88 Å². The Morgan fingerprint density at radius 2 is 1.83 bits per heavy atom. The number of benzene rings is 2. The Morgan fingerprint density at radius 1 is 1.12 bits per heavy atom. The second-order valence-corrected chi connectivity index (χ2v) is 13.6. The third-order valence-electron chi connectivity index (χ3n) is 6.34. The number of carbonyl (C=O) groups is 4. The molecule has 1 fully saturated rings. The first kappa shape index (κ1) is 29.0. The Balaban J connectivity index is 1.44. The van der Waals surface area contributed by atoms with Gasteiger partial charge in [0.2, 0.25) is 21.8 Å². The number of carboxylic acid groups (broad SMARTS) is 1. The summed E-state index contributed by atoms with van der Waals surface area (Å²) in [5.74, 6) is -4.94. The van der Waals surface area contributed by atoms with Crippen LogP contribution in [0.4, 0.5) is 5.69 Å². The number of nitrogens with one attached hydrogen (secondary N) is 2. The van der Waals surface area contributed by atoms with Crippen LogP contribution in [0.2, 0.25) is 0 Å². The molecule has 13 nitrogen and oxygen atoms in total. The van der Waals surface area contributed by atoms with E-state index >= 15 is 0 Å². The zero-order chi connectivity index (χ0) is 29.6. The van der Waals surface area contributed by atoms with Crippen molar-refractivity contribution < 1.29 is 37.4 Å². The number of aliphatic carboxylic acids is 1. The Labute approximate surface area is 248 Å². The van der Waals surface area contributed by atoms with Crippen LogP contribution in [0.3, 0.4) is 0 Å². The molecule has 2 aliphatic heterocycles. The summed E-state index contributed by atoms with van der Waals surface area (Å²) in [7, 11) is -3.90. The standard InChI is InChI=1S/C24H19BrN4O9S3/c25-10-1-6-14(38-9-15(30)27-11-2-4-12(5-3-11)41(26,36)37)13(7-10)17-18-20(39-21-19(17)40-24(35)28-21)23(34)29(22(18)33)8-16(31)32/h1-7,17-18,20H,8-9H2,(H,27,30)(H,28,35)(H,31,32)(H2,26,36,37)/t17-,18?,20?/m0/s1. The molecule has 2 aromatic carbocycles. The normalized spacial score (nSPS) is 20.0. The molecule has 0 bridgehead atoms. The first-order chi connectivity index (χ1) is 19.3. The largest absolute Gasteiger partial charge is 0.483 e. The van der Waals surface area contributed by atoms with Gasteiger partial charge in [0.15, 0.2) is 6.61 Å². The van der Waals surface area contributed by atoms with Gasteiger partial charge in [-0.05, 0) is 42.5 Å². The highest BCUT2D eigenvalue weighted by molar-refractivity contribution is 9.10. The van der Waals surface area contributed by atoms with Gasteiger partial charge in [0.25, 0.3) is 5.91 Å². The van der Waals surface area contributed by atoms with Crippen LogP contribution in [0.1, 0.15) is 16.4 Å². The summed E-state index contributed by atoms with van der Waals surface area (Å²) in [5.41, 5.74) is 0.708. The van der Waals surface area contributed by atoms with Crippen LogP contribution >= 0.6 is 39.0 Å². The second kappa shape index (κ2) is 11.1. The molecule has 17 heteroatoms. The van der Waals surface area contributed by atoms with E-state index in [1.54, 1.807) is 18.2 Å². The number of carboxylic acids is 1. The van der Waals surface area contributed by atoms with Gasteiger partial charge in [-0.3, -0.25) is 28.9 Å². The molecule has 3 heterocycles. The Bertz CT molecular complexity index is 1750. The van der Waals surface area contributed by atoms with Crippen LogP contribution in [0, 0.1) is 5.92 Å². The van der Waals surface area contributed by atoms with Gasteiger partial charge in [0.05, 0.1) is 15.8 Å². The van der Waals surface area contributed by atoms with E-state index in [1.165, 1.54) is 24.3 Å². The summed E-state index contributed by atoms with van der Waals surface area (Å²) in [6.07, 6.45) is 0. The van der Waals surface area contributed by atoms with Gasteiger partial charge < -0.3 is 20.1 Å². The Morgan fingerprint density at radius 3 is 2.49 bits per heavy atom. The number of H-pyrrole nitrogens is 1. The van der Waals surface area contributed by atoms with Crippen LogP contribution in [-0.4, -0.2) is 65.5 Å². The molecule has 214 valence electrons. The van der Waals surface area contributed by atoms with Gasteiger partial charge in [0, 0.05) is 26.5 Å². The van der Waals surface area contributed by atoms with Crippen LogP contribution in [-0.2, 0) is 29.2 Å². The number of amides is 3. The van der Waals surface area contributed by atoms with Gasteiger partial charge >= 0.3 is 10.8 Å². The molecule has 0 radical (unpaired) electrons. The fourth-order valence-electron chi connectivity index (χ4n) is 4.66. The van der Waals surface area contributed by atoms with E-state index in [0.29, 0.717) is 30.5 Å². The predicted octanol–water partition coefficient (Wildman–Crippen LogP) is 1.54. The fraction of sp³-hybridized carbons (Fsp3) is 0.208. The minimum atomic E-state index is -3.90. The summed E-state index contributed by atoms with van der Waals surface area (Å²) in [6.45, 7) is -1.27. The van der Waals surface area contributed by atoms with Crippen molar-refractivity contribution in [2.75, 3.05) is 18.5 Å². The molecule has 3 aromatic rings. The third kappa shape index (κ3) is 5.80. The van der Waals surface area contributed by atoms with Crippen molar-refractivity contribution in [1.82, 2.24) is 9.88 Å². The number of fused-ring (bicyclic) bond motifs is 2. The summed E-state index contributed by atoms with van der Waals surface area (Å²) >= 11 is 5.28. The average Bonchev–Trinajstić information content (AvgIpc) is 3.38. The van der Waals surface area contributed by atoms with Crippen molar-refractivity contribution in [3.05, 3.63) is 67.0 Å². The molecule has 0 saturated carbocycles. The van der Waals surface area contributed by atoms with Crippen LogP contribution in [0.25, 0.3) is 0 Å². The number of aromatic amines is 1. The summed E-state index contributed by atoms with van der Waals surface area (Å²) < 4.78 is 29.3. The fourth-order valence-corrected chi connectivity index (χ4v) is 8.08. The van der Waals surface area contributed by atoms with Crippen molar-refractivity contribution >= 4 is 78.4 Å². The smallest absolute Gasteiger partial charge is 0.323 e. The lowest BCUT2D eigenvalue weighted by Gasteiger charge is -2.31.